The summed E-state index contributed by atoms with van der Waals surface area (Å²) in [4.78, 5) is 16.6. The van der Waals surface area contributed by atoms with E-state index in [0.29, 0.717) is 17.5 Å². The molecular formula is C60H38N4O. The lowest BCUT2D eigenvalue weighted by Crippen LogP contribution is -2.13. The summed E-state index contributed by atoms with van der Waals surface area (Å²) in [6.45, 7) is 2.30. The van der Waals surface area contributed by atoms with Gasteiger partial charge in [0.2, 0.25) is 0 Å². The highest BCUT2D eigenvalue weighted by molar-refractivity contribution is 6.16. The van der Waals surface area contributed by atoms with Gasteiger partial charge in [0.15, 0.2) is 17.5 Å². The molecule has 1 aliphatic rings. The third-order valence-corrected chi connectivity index (χ3v) is 13.8. The summed E-state index contributed by atoms with van der Waals surface area (Å²) in [5, 5.41) is 13.9. The van der Waals surface area contributed by atoms with Gasteiger partial charge in [0.05, 0.1) is 16.7 Å². The van der Waals surface area contributed by atoms with E-state index in [-0.39, 0.29) is 5.92 Å². The first-order valence-electron chi connectivity index (χ1n) is 22.4. The van der Waals surface area contributed by atoms with Gasteiger partial charge in [0.1, 0.15) is 11.2 Å². The molecule has 0 fully saturated rings. The minimum absolute atomic E-state index is 0.155. The molecule has 0 spiro atoms. The maximum Gasteiger partial charge on any atom is 0.166 e. The van der Waals surface area contributed by atoms with E-state index in [1.165, 1.54) is 43.4 Å². The third-order valence-electron chi connectivity index (χ3n) is 13.8. The first-order valence-corrected chi connectivity index (χ1v) is 22.4. The molecule has 10 aromatic carbocycles. The molecule has 0 N–H and O–H groups in total. The second kappa shape index (κ2) is 13.8. The molecule has 65 heavy (non-hydrogen) atoms. The van der Waals surface area contributed by atoms with E-state index in [0.717, 1.165) is 83.3 Å². The van der Waals surface area contributed by atoms with Crippen molar-refractivity contribution < 1.29 is 4.42 Å². The average molecular weight is 831 g/mol. The Morgan fingerprint density at radius 1 is 0.431 bits per heavy atom. The number of furan rings is 1. The number of para-hydroxylation sites is 1. The van der Waals surface area contributed by atoms with Crippen LogP contribution in [0, 0.1) is 5.92 Å². The first kappa shape index (κ1) is 36.1. The molecule has 13 aromatic rings. The number of aromatic nitrogens is 4. The smallest absolute Gasteiger partial charge is 0.166 e. The van der Waals surface area contributed by atoms with Gasteiger partial charge in [-0.25, -0.2) is 15.0 Å². The highest BCUT2D eigenvalue weighted by Gasteiger charge is 2.27. The van der Waals surface area contributed by atoms with Crippen LogP contribution < -0.4 is 0 Å². The first-order chi connectivity index (χ1) is 32.1. The molecule has 304 valence electrons. The molecule has 0 bridgehead atoms. The SMILES string of the molecule is CC1Cc2c(ccc3ccccc23)C=C1c1nc(-c2cc3c(cc2-n2c4ccccc4c4cc5ccccc5cc42)oc2cc4ccccc4cc23)nc(-c2cccc3ccccc23)n1. The van der Waals surface area contributed by atoms with Crippen molar-refractivity contribution in [1.29, 1.82) is 0 Å². The fourth-order valence-electron chi connectivity index (χ4n) is 10.7. The number of fused-ring (bicyclic) bond motifs is 12. The number of rotatable bonds is 4. The monoisotopic (exact) mass is 830 g/mol. The lowest BCUT2D eigenvalue weighted by atomic mass is 9.82. The van der Waals surface area contributed by atoms with Crippen molar-refractivity contribution in [2.24, 2.45) is 5.92 Å². The Bertz CT molecular complexity index is 4190. The summed E-state index contributed by atoms with van der Waals surface area (Å²) in [5.74, 6) is 2.09. The van der Waals surface area contributed by atoms with Gasteiger partial charge in [-0.05, 0) is 109 Å². The predicted molar refractivity (Wildman–Crippen MR) is 270 cm³/mol. The van der Waals surface area contributed by atoms with Crippen molar-refractivity contribution in [3.05, 3.63) is 205 Å². The number of nitrogens with zero attached hydrogens (tertiary/aromatic N) is 4. The van der Waals surface area contributed by atoms with Crippen LogP contribution in [0.4, 0.5) is 0 Å². The minimum atomic E-state index is 0.155. The Morgan fingerprint density at radius 3 is 1.78 bits per heavy atom. The maximum atomic E-state index is 6.85. The zero-order valence-corrected chi connectivity index (χ0v) is 35.5. The van der Waals surface area contributed by atoms with Crippen LogP contribution in [-0.4, -0.2) is 19.5 Å². The van der Waals surface area contributed by atoms with Crippen LogP contribution in [-0.2, 0) is 6.42 Å². The molecule has 5 heteroatoms. The van der Waals surface area contributed by atoms with E-state index in [9.17, 15) is 0 Å². The second-order valence-corrected chi connectivity index (χ2v) is 17.6. The molecule has 3 heterocycles. The Labute approximate surface area is 373 Å². The van der Waals surface area contributed by atoms with Crippen molar-refractivity contribution >= 4 is 98.5 Å². The number of hydrogen-bond acceptors (Lipinski definition) is 4. The molecular weight excluding hydrogens is 793 g/mol. The van der Waals surface area contributed by atoms with Gasteiger partial charge in [-0.15, -0.1) is 0 Å². The summed E-state index contributed by atoms with van der Waals surface area (Å²) in [7, 11) is 0. The third kappa shape index (κ3) is 5.55. The van der Waals surface area contributed by atoms with E-state index < -0.39 is 0 Å². The van der Waals surface area contributed by atoms with Gasteiger partial charge in [-0.3, -0.25) is 0 Å². The second-order valence-electron chi connectivity index (χ2n) is 17.6. The Morgan fingerprint density at radius 2 is 1.00 bits per heavy atom. The summed E-state index contributed by atoms with van der Waals surface area (Å²) >= 11 is 0. The number of allylic oxidation sites excluding steroid dienone is 1. The largest absolute Gasteiger partial charge is 0.456 e. The lowest BCUT2D eigenvalue weighted by Gasteiger charge is -2.24. The summed E-state index contributed by atoms with van der Waals surface area (Å²) < 4.78 is 9.24. The highest BCUT2D eigenvalue weighted by atomic mass is 16.3. The topological polar surface area (TPSA) is 56.7 Å². The fraction of sp³-hybridized carbons (Fsp3) is 0.0500. The van der Waals surface area contributed by atoms with Crippen molar-refractivity contribution in [2.75, 3.05) is 0 Å². The van der Waals surface area contributed by atoms with Crippen LogP contribution in [0.2, 0.25) is 0 Å². The quantitative estimate of drug-likeness (QED) is 0.177. The Hall–Kier alpha value is -8.41. The van der Waals surface area contributed by atoms with E-state index in [1.54, 1.807) is 0 Å². The summed E-state index contributed by atoms with van der Waals surface area (Å²) in [6, 6.07) is 67.4. The average Bonchev–Trinajstić information content (AvgIpc) is 3.87. The van der Waals surface area contributed by atoms with Crippen LogP contribution >= 0.6 is 0 Å². The molecule has 0 saturated carbocycles. The van der Waals surface area contributed by atoms with Crippen molar-refractivity contribution in [3.8, 4) is 28.5 Å². The van der Waals surface area contributed by atoms with Crippen LogP contribution in [0.3, 0.4) is 0 Å². The van der Waals surface area contributed by atoms with E-state index in [1.807, 2.05) is 0 Å². The highest BCUT2D eigenvalue weighted by Crippen LogP contribution is 2.44. The van der Waals surface area contributed by atoms with E-state index in [2.05, 4.69) is 206 Å². The van der Waals surface area contributed by atoms with E-state index in [4.69, 9.17) is 19.4 Å². The lowest BCUT2D eigenvalue weighted by molar-refractivity contribution is 0.669. The van der Waals surface area contributed by atoms with Gasteiger partial charge in [0, 0.05) is 44.3 Å². The fourth-order valence-corrected chi connectivity index (χ4v) is 10.7. The molecule has 0 amide bonds. The normalized spacial score (nSPS) is 14.1. The van der Waals surface area contributed by atoms with Crippen LogP contribution in [0.5, 0.6) is 0 Å². The molecule has 1 aliphatic carbocycles. The van der Waals surface area contributed by atoms with Gasteiger partial charge in [-0.2, -0.15) is 0 Å². The Balaban J connectivity index is 1.10. The number of benzene rings is 10. The minimum Gasteiger partial charge on any atom is -0.456 e. The molecule has 1 atom stereocenters. The summed E-state index contributed by atoms with van der Waals surface area (Å²) in [6.07, 6.45) is 3.20. The van der Waals surface area contributed by atoms with Crippen molar-refractivity contribution in [3.63, 3.8) is 0 Å². The maximum absolute atomic E-state index is 6.85. The van der Waals surface area contributed by atoms with Crippen LogP contribution in [0.15, 0.2) is 192 Å². The molecule has 3 aromatic heterocycles. The number of hydrogen-bond donors (Lipinski definition) is 0. The molecule has 1 unspecified atom stereocenters. The van der Waals surface area contributed by atoms with Gasteiger partial charge < -0.3 is 8.98 Å². The van der Waals surface area contributed by atoms with Crippen LogP contribution in [0.1, 0.15) is 23.9 Å². The van der Waals surface area contributed by atoms with Crippen molar-refractivity contribution in [1.82, 2.24) is 19.5 Å². The predicted octanol–water partition coefficient (Wildman–Crippen LogP) is 15.5. The van der Waals surface area contributed by atoms with E-state index >= 15 is 0 Å². The standard InChI is InChI=1S/C60H38N4O/c1-35-27-48-42(26-25-37-14-7-9-21-44(37)48)30-47(35)59-61-58(46-23-12-19-36-13-6-8-20-43(36)46)62-60(63-59)52-33-51-50-29-39-16-3-5-18-41(39)32-56(50)65-57(51)34-55(52)64-53-24-11-10-22-45(53)49-28-38-15-2-4-17-40(38)31-54(49)64/h2-26,28-35H,27H2,1H3. The molecule has 5 nitrogen and oxygen atoms in total. The van der Waals surface area contributed by atoms with Gasteiger partial charge in [0.25, 0.3) is 0 Å². The molecule has 14 rings (SSSR count). The van der Waals surface area contributed by atoms with Gasteiger partial charge in [-0.1, -0.05) is 153 Å². The molecule has 0 aliphatic heterocycles. The van der Waals surface area contributed by atoms with Crippen molar-refractivity contribution in [2.45, 2.75) is 13.3 Å². The summed E-state index contributed by atoms with van der Waals surface area (Å²) in [5.41, 5.74) is 10.3. The zero-order chi connectivity index (χ0) is 42.8. The van der Waals surface area contributed by atoms with Gasteiger partial charge >= 0.3 is 0 Å². The molecule has 0 radical (unpaired) electrons. The zero-order valence-electron chi connectivity index (χ0n) is 35.5. The van der Waals surface area contributed by atoms with Crippen LogP contribution in [0.25, 0.3) is 127 Å². The molecule has 0 saturated heterocycles. The Kier molecular flexibility index (Phi) is 7.66.